The fourth-order valence-electron chi connectivity index (χ4n) is 3.58. The van der Waals surface area contributed by atoms with E-state index in [-0.39, 0.29) is 17.7 Å². The molecule has 126 valence electrons. The Morgan fingerprint density at radius 2 is 1.91 bits per heavy atom. The Hall–Kier alpha value is -1.84. The number of hydrogen-bond donors (Lipinski definition) is 1. The second kappa shape index (κ2) is 6.73. The topological polar surface area (TPSA) is 57.6 Å². The van der Waals surface area contributed by atoms with Crippen molar-refractivity contribution in [2.45, 2.75) is 46.5 Å². The zero-order chi connectivity index (χ0) is 17.2. The number of rotatable bonds is 5. The number of aliphatic carboxylic acids is 1. The summed E-state index contributed by atoms with van der Waals surface area (Å²) < 4.78 is 0. The number of carbonyl (C=O) groups excluding carboxylic acids is 1. The van der Waals surface area contributed by atoms with Crippen LogP contribution in [0, 0.1) is 18.3 Å². The highest BCUT2D eigenvalue weighted by Gasteiger charge is 2.48. The van der Waals surface area contributed by atoms with Crippen LogP contribution >= 0.6 is 0 Å². The number of hydrogen-bond acceptors (Lipinski definition) is 2. The lowest BCUT2D eigenvalue weighted by Gasteiger charge is -2.29. The number of aryl methyl sites for hydroxylation is 1. The minimum atomic E-state index is -0.790. The molecule has 0 radical (unpaired) electrons. The highest BCUT2D eigenvalue weighted by Crippen LogP contribution is 2.38. The van der Waals surface area contributed by atoms with Gasteiger partial charge in [0.2, 0.25) is 5.91 Å². The molecule has 2 atom stereocenters. The molecular formula is C19H27NO3. The van der Waals surface area contributed by atoms with Crippen LogP contribution in [0.1, 0.15) is 50.7 Å². The van der Waals surface area contributed by atoms with Gasteiger partial charge < -0.3 is 10.0 Å². The number of carboxylic acid groups (broad SMARTS) is 1. The summed E-state index contributed by atoms with van der Waals surface area (Å²) >= 11 is 0. The number of carboxylic acids is 1. The van der Waals surface area contributed by atoms with E-state index in [9.17, 15) is 14.7 Å². The molecule has 1 saturated heterocycles. The van der Waals surface area contributed by atoms with Crippen LogP contribution < -0.4 is 0 Å². The second-order valence-corrected chi connectivity index (χ2v) is 7.14. The van der Waals surface area contributed by atoms with E-state index in [0.29, 0.717) is 25.9 Å². The van der Waals surface area contributed by atoms with Gasteiger partial charge in [0.15, 0.2) is 0 Å². The molecule has 0 aromatic heterocycles. The summed E-state index contributed by atoms with van der Waals surface area (Å²) in [5, 5.41) is 9.59. The van der Waals surface area contributed by atoms with Gasteiger partial charge in [-0.05, 0) is 36.3 Å². The maximum atomic E-state index is 12.6. The van der Waals surface area contributed by atoms with Crippen molar-refractivity contribution in [3.8, 4) is 0 Å². The highest BCUT2D eigenvalue weighted by atomic mass is 16.4. The molecule has 1 heterocycles. The van der Waals surface area contributed by atoms with Crippen molar-refractivity contribution in [1.82, 2.24) is 4.90 Å². The van der Waals surface area contributed by atoms with Gasteiger partial charge in [0.05, 0.1) is 5.41 Å². The minimum Gasteiger partial charge on any atom is -0.481 e. The van der Waals surface area contributed by atoms with Gasteiger partial charge in [0.25, 0.3) is 0 Å². The third kappa shape index (κ3) is 3.41. The summed E-state index contributed by atoms with van der Waals surface area (Å²) in [4.78, 5) is 26.0. The normalized spacial score (nSPS) is 22.4. The molecule has 1 fully saturated rings. The van der Waals surface area contributed by atoms with Gasteiger partial charge in [-0.25, -0.2) is 0 Å². The number of amides is 1. The minimum absolute atomic E-state index is 0.0200. The van der Waals surface area contributed by atoms with Gasteiger partial charge in [0.1, 0.15) is 0 Å². The van der Waals surface area contributed by atoms with Crippen molar-refractivity contribution in [1.29, 1.82) is 0 Å². The molecular weight excluding hydrogens is 290 g/mol. The first-order valence-corrected chi connectivity index (χ1v) is 8.34. The van der Waals surface area contributed by atoms with Crippen LogP contribution in [-0.4, -0.2) is 35.0 Å². The van der Waals surface area contributed by atoms with Gasteiger partial charge >= 0.3 is 5.97 Å². The van der Waals surface area contributed by atoms with E-state index in [1.54, 1.807) is 4.90 Å². The second-order valence-electron chi connectivity index (χ2n) is 7.14. The van der Waals surface area contributed by atoms with E-state index in [0.717, 1.165) is 0 Å². The van der Waals surface area contributed by atoms with Crippen molar-refractivity contribution in [3.05, 3.63) is 35.4 Å². The van der Waals surface area contributed by atoms with Gasteiger partial charge in [-0.2, -0.15) is 0 Å². The number of benzene rings is 1. The largest absolute Gasteiger partial charge is 0.481 e. The SMILES string of the molecule is Cc1ccccc1C(C)CC(=O)N1CCC(C(=O)O)(C(C)C)C1. The third-order valence-corrected chi connectivity index (χ3v) is 5.38. The van der Waals surface area contributed by atoms with Gasteiger partial charge in [0, 0.05) is 19.5 Å². The quantitative estimate of drug-likeness (QED) is 0.905. The van der Waals surface area contributed by atoms with Crippen LogP contribution in [0.4, 0.5) is 0 Å². The summed E-state index contributed by atoms with van der Waals surface area (Å²) in [6.45, 7) is 8.85. The molecule has 0 aliphatic carbocycles. The Labute approximate surface area is 138 Å². The van der Waals surface area contributed by atoms with Gasteiger partial charge in [-0.3, -0.25) is 9.59 Å². The Kier molecular flexibility index (Phi) is 5.12. The van der Waals surface area contributed by atoms with Crippen molar-refractivity contribution in [3.63, 3.8) is 0 Å². The first kappa shape index (κ1) is 17.5. The van der Waals surface area contributed by atoms with Crippen LogP contribution in [0.25, 0.3) is 0 Å². The smallest absolute Gasteiger partial charge is 0.311 e. The molecule has 1 amide bonds. The summed E-state index contributed by atoms with van der Waals surface area (Å²) in [5.74, 6) is -0.562. The Morgan fingerprint density at radius 1 is 1.26 bits per heavy atom. The van der Waals surface area contributed by atoms with E-state index in [1.807, 2.05) is 26.0 Å². The molecule has 0 bridgehead atoms. The lowest BCUT2D eigenvalue weighted by molar-refractivity contribution is -0.151. The maximum absolute atomic E-state index is 12.6. The van der Waals surface area contributed by atoms with Crippen LogP contribution in [0.2, 0.25) is 0 Å². The fraction of sp³-hybridized carbons (Fsp3) is 0.579. The summed E-state index contributed by atoms with van der Waals surface area (Å²) in [5.41, 5.74) is 1.59. The Balaban J connectivity index is 2.05. The van der Waals surface area contributed by atoms with Crippen molar-refractivity contribution >= 4 is 11.9 Å². The zero-order valence-electron chi connectivity index (χ0n) is 14.5. The predicted molar refractivity (Wildman–Crippen MR) is 90.3 cm³/mol. The van der Waals surface area contributed by atoms with Crippen LogP contribution in [0.3, 0.4) is 0 Å². The van der Waals surface area contributed by atoms with E-state index in [1.165, 1.54) is 11.1 Å². The van der Waals surface area contributed by atoms with Crippen LogP contribution in [-0.2, 0) is 9.59 Å². The summed E-state index contributed by atoms with van der Waals surface area (Å²) in [6, 6.07) is 8.11. The summed E-state index contributed by atoms with van der Waals surface area (Å²) in [6.07, 6.45) is 0.975. The molecule has 0 saturated carbocycles. The molecule has 1 aliphatic rings. The predicted octanol–water partition coefficient (Wildman–Crippen LogP) is 3.45. The van der Waals surface area contributed by atoms with E-state index < -0.39 is 11.4 Å². The van der Waals surface area contributed by atoms with Crippen molar-refractivity contribution in [2.24, 2.45) is 11.3 Å². The monoisotopic (exact) mass is 317 g/mol. The standard InChI is InChI=1S/C19H27NO3/c1-13(2)19(18(22)23)9-10-20(12-19)17(21)11-15(4)16-8-6-5-7-14(16)3/h5-8,13,15H,9-12H2,1-4H3,(H,22,23). The maximum Gasteiger partial charge on any atom is 0.311 e. The lowest BCUT2D eigenvalue weighted by Crippen LogP contribution is -2.40. The molecule has 1 aromatic carbocycles. The molecule has 4 heteroatoms. The molecule has 23 heavy (non-hydrogen) atoms. The number of likely N-dealkylation sites (tertiary alicyclic amines) is 1. The van der Waals surface area contributed by atoms with E-state index in [2.05, 4.69) is 26.0 Å². The number of carbonyl (C=O) groups is 2. The van der Waals surface area contributed by atoms with E-state index >= 15 is 0 Å². The van der Waals surface area contributed by atoms with Gasteiger partial charge in [-0.1, -0.05) is 45.0 Å². The molecule has 1 N–H and O–H groups in total. The fourth-order valence-corrected chi connectivity index (χ4v) is 3.58. The Morgan fingerprint density at radius 3 is 2.43 bits per heavy atom. The first-order valence-electron chi connectivity index (χ1n) is 8.34. The molecule has 0 spiro atoms. The highest BCUT2D eigenvalue weighted by molar-refractivity contribution is 5.81. The lowest BCUT2D eigenvalue weighted by atomic mass is 9.76. The zero-order valence-corrected chi connectivity index (χ0v) is 14.5. The molecule has 1 aromatic rings. The molecule has 2 rings (SSSR count). The van der Waals surface area contributed by atoms with Crippen LogP contribution in [0.5, 0.6) is 0 Å². The van der Waals surface area contributed by atoms with Gasteiger partial charge in [-0.15, -0.1) is 0 Å². The first-order chi connectivity index (χ1) is 10.8. The van der Waals surface area contributed by atoms with Crippen molar-refractivity contribution < 1.29 is 14.7 Å². The molecule has 4 nitrogen and oxygen atoms in total. The Bertz CT molecular complexity index is 596. The third-order valence-electron chi connectivity index (χ3n) is 5.38. The van der Waals surface area contributed by atoms with Crippen molar-refractivity contribution in [2.75, 3.05) is 13.1 Å². The van der Waals surface area contributed by atoms with E-state index in [4.69, 9.17) is 0 Å². The average Bonchev–Trinajstić information content (AvgIpc) is 2.94. The number of nitrogens with zero attached hydrogens (tertiary/aromatic N) is 1. The average molecular weight is 317 g/mol. The van der Waals surface area contributed by atoms with Crippen LogP contribution in [0.15, 0.2) is 24.3 Å². The molecule has 1 aliphatic heterocycles. The summed E-state index contributed by atoms with van der Waals surface area (Å²) in [7, 11) is 0. The molecule has 2 unspecified atom stereocenters.